The number of aryl methyl sites for hydroxylation is 2. The number of carbonyl (C=O) groups is 1. The largest absolute Gasteiger partial charge is 0.365 e. The van der Waals surface area contributed by atoms with Gasteiger partial charge in [0.05, 0.1) is 5.69 Å². The van der Waals surface area contributed by atoms with Crippen molar-refractivity contribution < 1.29 is 4.79 Å². The Labute approximate surface area is 129 Å². The zero-order valence-electron chi connectivity index (χ0n) is 12.5. The fourth-order valence-corrected chi connectivity index (χ4v) is 2.67. The lowest BCUT2D eigenvalue weighted by molar-refractivity contribution is -0.121. The number of rotatable bonds is 7. The molecule has 0 radical (unpaired) electrons. The van der Waals surface area contributed by atoms with Crippen molar-refractivity contribution in [1.29, 1.82) is 0 Å². The maximum atomic E-state index is 11.8. The average Bonchev–Trinajstić information content (AvgIpc) is 2.95. The summed E-state index contributed by atoms with van der Waals surface area (Å²) in [6.07, 6.45) is 2.09. The van der Waals surface area contributed by atoms with Crippen LogP contribution >= 0.6 is 11.3 Å². The normalized spacial score (nSPS) is 10.4. The van der Waals surface area contributed by atoms with Gasteiger partial charge in [-0.25, -0.2) is 4.98 Å². The Morgan fingerprint density at radius 1 is 1.24 bits per heavy atom. The summed E-state index contributed by atoms with van der Waals surface area (Å²) in [5, 5.41) is 8.89. The van der Waals surface area contributed by atoms with Crippen molar-refractivity contribution in [3.8, 4) is 0 Å². The molecule has 2 rings (SSSR count). The summed E-state index contributed by atoms with van der Waals surface area (Å²) >= 11 is 1.58. The van der Waals surface area contributed by atoms with Gasteiger partial charge in [-0.05, 0) is 18.9 Å². The number of amides is 1. The second kappa shape index (κ2) is 7.78. The van der Waals surface area contributed by atoms with Gasteiger partial charge in [0.15, 0.2) is 5.13 Å². The maximum absolute atomic E-state index is 11.8. The third-order valence-electron chi connectivity index (χ3n) is 3.23. The molecular weight excluding hydrogens is 282 g/mol. The fourth-order valence-electron chi connectivity index (χ4n) is 1.97. The molecule has 5 heteroatoms. The van der Waals surface area contributed by atoms with Gasteiger partial charge in [-0.3, -0.25) is 4.79 Å². The van der Waals surface area contributed by atoms with Crippen molar-refractivity contribution in [1.82, 2.24) is 10.3 Å². The van der Waals surface area contributed by atoms with Crippen molar-refractivity contribution in [2.45, 2.75) is 26.2 Å². The SMILES string of the molecule is CNc1nc(CCNC(=O)CCc2ccc(C)cc2)cs1. The molecule has 21 heavy (non-hydrogen) atoms. The van der Waals surface area contributed by atoms with E-state index < -0.39 is 0 Å². The molecule has 1 amide bonds. The Kier molecular flexibility index (Phi) is 5.75. The first-order valence-electron chi connectivity index (χ1n) is 7.12. The van der Waals surface area contributed by atoms with E-state index in [1.54, 1.807) is 11.3 Å². The van der Waals surface area contributed by atoms with Crippen molar-refractivity contribution >= 4 is 22.4 Å². The molecule has 0 unspecified atom stereocenters. The van der Waals surface area contributed by atoms with E-state index in [9.17, 15) is 4.79 Å². The molecule has 0 aliphatic heterocycles. The highest BCUT2D eigenvalue weighted by Gasteiger charge is 2.04. The molecule has 0 fully saturated rings. The summed E-state index contributed by atoms with van der Waals surface area (Å²) in [4.78, 5) is 16.2. The van der Waals surface area contributed by atoms with Crippen LogP contribution in [0.15, 0.2) is 29.6 Å². The van der Waals surface area contributed by atoms with E-state index in [2.05, 4.69) is 46.8 Å². The summed E-state index contributed by atoms with van der Waals surface area (Å²) in [5.74, 6) is 0.0969. The third kappa shape index (κ3) is 5.19. The minimum absolute atomic E-state index is 0.0969. The van der Waals surface area contributed by atoms with Gasteiger partial charge in [-0.15, -0.1) is 11.3 Å². The summed E-state index contributed by atoms with van der Waals surface area (Å²) < 4.78 is 0. The molecule has 0 atom stereocenters. The van der Waals surface area contributed by atoms with Crippen LogP contribution in [0.4, 0.5) is 5.13 Å². The number of nitrogens with one attached hydrogen (secondary N) is 2. The second-order valence-corrected chi connectivity index (χ2v) is 5.84. The van der Waals surface area contributed by atoms with Crippen LogP contribution in [0.2, 0.25) is 0 Å². The number of aromatic nitrogens is 1. The summed E-state index contributed by atoms with van der Waals surface area (Å²) in [5.41, 5.74) is 3.46. The predicted octanol–water partition coefficient (Wildman–Crippen LogP) is 2.78. The number of anilines is 1. The Bertz CT molecular complexity index is 577. The van der Waals surface area contributed by atoms with E-state index in [4.69, 9.17) is 0 Å². The monoisotopic (exact) mass is 303 g/mol. The number of carbonyl (C=O) groups excluding carboxylic acids is 1. The second-order valence-electron chi connectivity index (χ2n) is 4.98. The Balaban J connectivity index is 1.66. The van der Waals surface area contributed by atoms with Gasteiger partial charge in [0.1, 0.15) is 0 Å². The quantitative estimate of drug-likeness (QED) is 0.827. The molecule has 0 saturated heterocycles. The van der Waals surface area contributed by atoms with E-state index in [0.717, 1.165) is 23.7 Å². The number of thiazole rings is 1. The van der Waals surface area contributed by atoms with Gasteiger partial charge in [0, 0.05) is 31.8 Å². The van der Waals surface area contributed by atoms with Crippen LogP contribution in [0.1, 0.15) is 23.2 Å². The zero-order valence-corrected chi connectivity index (χ0v) is 13.3. The average molecular weight is 303 g/mol. The van der Waals surface area contributed by atoms with Crippen LogP contribution in [0.3, 0.4) is 0 Å². The summed E-state index contributed by atoms with van der Waals surface area (Å²) in [6.45, 7) is 2.70. The first kappa shape index (κ1) is 15.5. The molecule has 0 saturated carbocycles. The van der Waals surface area contributed by atoms with Crippen LogP contribution in [-0.2, 0) is 17.6 Å². The fraction of sp³-hybridized carbons (Fsp3) is 0.375. The highest BCUT2D eigenvalue weighted by molar-refractivity contribution is 7.13. The van der Waals surface area contributed by atoms with Crippen molar-refractivity contribution in [2.75, 3.05) is 18.9 Å². The molecule has 2 N–H and O–H groups in total. The van der Waals surface area contributed by atoms with Gasteiger partial charge >= 0.3 is 0 Å². The Morgan fingerprint density at radius 3 is 2.67 bits per heavy atom. The molecule has 0 bridgehead atoms. The maximum Gasteiger partial charge on any atom is 0.220 e. The highest BCUT2D eigenvalue weighted by Crippen LogP contribution is 2.14. The molecule has 1 aromatic heterocycles. The van der Waals surface area contributed by atoms with Gasteiger partial charge < -0.3 is 10.6 Å². The summed E-state index contributed by atoms with van der Waals surface area (Å²) in [6, 6.07) is 8.32. The van der Waals surface area contributed by atoms with E-state index in [1.165, 1.54) is 11.1 Å². The minimum Gasteiger partial charge on any atom is -0.365 e. The van der Waals surface area contributed by atoms with Crippen LogP contribution in [0, 0.1) is 6.92 Å². The number of hydrogen-bond acceptors (Lipinski definition) is 4. The van der Waals surface area contributed by atoms with E-state index in [1.807, 2.05) is 12.4 Å². The topological polar surface area (TPSA) is 54.0 Å². The van der Waals surface area contributed by atoms with E-state index in [-0.39, 0.29) is 5.91 Å². The molecule has 0 aliphatic carbocycles. The molecule has 2 aromatic rings. The Hall–Kier alpha value is -1.88. The summed E-state index contributed by atoms with van der Waals surface area (Å²) in [7, 11) is 1.86. The van der Waals surface area contributed by atoms with Crippen molar-refractivity contribution in [3.05, 3.63) is 46.5 Å². The lowest BCUT2D eigenvalue weighted by atomic mass is 10.1. The van der Waals surface area contributed by atoms with E-state index >= 15 is 0 Å². The molecule has 1 aromatic carbocycles. The molecular formula is C16H21N3OS. The van der Waals surface area contributed by atoms with Crippen LogP contribution in [0.25, 0.3) is 0 Å². The van der Waals surface area contributed by atoms with Crippen molar-refractivity contribution in [2.24, 2.45) is 0 Å². The molecule has 0 spiro atoms. The van der Waals surface area contributed by atoms with Gasteiger partial charge in [0.25, 0.3) is 0 Å². The van der Waals surface area contributed by atoms with E-state index in [0.29, 0.717) is 13.0 Å². The van der Waals surface area contributed by atoms with Crippen LogP contribution in [-0.4, -0.2) is 24.5 Å². The van der Waals surface area contributed by atoms with Gasteiger partial charge in [-0.1, -0.05) is 29.8 Å². The number of hydrogen-bond donors (Lipinski definition) is 2. The van der Waals surface area contributed by atoms with Crippen LogP contribution in [0.5, 0.6) is 0 Å². The highest BCUT2D eigenvalue weighted by atomic mass is 32.1. The smallest absolute Gasteiger partial charge is 0.220 e. The standard InChI is InChI=1S/C16H21N3OS/c1-12-3-5-13(6-4-12)7-8-15(20)18-10-9-14-11-21-16(17-2)19-14/h3-6,11H,7-10H2,1-2H3,(H,17,19)(H,18,20). The van der Waals surface area contributed by atoms with Crippen LogP contribution < -0.4 is 10.6 Å². The minimum atomic E-state index is 0.0969. The van der Waals surface area contributed by atoms with Gasteiger partial charge in [-0.2, -0.15) is 0 Å². The predicted molar refractivity (Wildman–Crippen MR) is 87.9 cm³/mol. The first-order chi connectivity index (χ1) is 10.2. The Morgan fingerprint density at radius 2 is 2.00 bits per heavy atom. The molecule has 4 nitrogen and oxygen atoms in total. The lowest BCUT2D eigenvalue weighted by Crippen LogP contribution is -2.25. The van der Waals surface area contributed by atoms with Crippen molar-refractivity contribution in [3.63, 3.8) is 0 Å². The molecule has 112 valence electrons. The third-order valence-corrected chi connectivity index (χ3v) is 4.14. The lowest BCUT2D eigenvalue weighted by Gasteiger charge is -2.04. The zero-order chi connectivity index (χ0) is 15.1. The van der Waals surface area contributed by atoms with Gasteiger partial charge in [0.2, 0.25) is 5.91 Å². The molecule has 1 heterocycles. The first-order valence-corrected chi connectivity index (χ1v) is 8.00. The molecule has 0 aliphatic rings. The number of nitrogens with zero attached hydrogens (tertiary/aromatic N) is 1. The number of benzene rings is 1.